The minimum absolute atomic E-state index is 0.762. The number of nitrogens with zero attached hydrogens (tertiary/aromatic N) is 1. The van der Waals surface area contributed by atoms with E-state index in [0.29, 0.717) is 0 Å². The van der Waals surface area contributed by atoms with E-state index in [1.165, 1.54) is 16.8 Å². The number of rotatable bonds is 5. The number of ether oxygens (including phenoxy) is 1. The minimum Gasteiger partial charge on any atom is -0.494 e. The normalized spacial score (nSPS) is 11.8. The molecule has 5 rings (SSSR count). The van der Waals surface area contributed by atoms with Crippen LogP contribution in [-0.2, 0) is 0 Å². The number of benzene rings is 2. The second kappa shape index (κ2) is 8.45. The van der Waals surface area contributed by atoms with Crippen molar-refractivity contribution in [2.24, 2.45) is 0 Å². The van der Waals surface area contributed by atoms with E-state index in [9.17, 15) is 17.3 Å². The van der Waals surface area contributed by atoms with Crippen LogP contribution in [0, 0.1) is 0 Å². The molecule has 8 heteroatoms. The zero-order chi connectivity index (χ0) is 22.0. The van der Waals surface area contributed by atoms with Gasteiger partial charge in [-0.3, -0.25) is 0 Å². The molecule has 160 valence electrons. The topological polar surface area (TPSA) is 26.5 Å². The largest absolute Gasteiger partial charge is 0.673 e. The number of unbranched alkanes of at least 4 members (excludes halogenated alkanes) is 1. The first-order valence-corrected chi connectivity index (χ1v) is 10.0. The summed E-state index contributed by atoms with van der Waals surface area (Å²) in [5.41, 5.74) is 6.72. The lowest BCUT2D eigenvalue weighted by atomic mass is 10.0. The monoisotopic (exact) mass is 429 g/mol. The Balaban J connectivity index is 0.000000418. The van der Waals surface area contributed by atoms with Gasteiger partial charge in [0, 0.05) is 11.6 Å². The molecule has 4 aromatic rings. The number of aromatic nitrogens is 1. The third kappa shape index (κ3) is 4.43. The van der Waals surface area contributed by atoms with E-state index >= 15 is 0 Å². The van der Waals surface area contributed by atoms with Crippen molar-refractivity contribution >= 4 is 13.0 Å². The van der Waals surface area contributed by atoms with Crippen LogP contribution in [0.15, 0.2) is 71.1 Å². The van der Waals surface area contributed by atoms with E-state index in [4.69, 9.17) is 9.15 Å². The van der Waals surface area contributed by atoms with Crippen molar-refractivity contribution in [1.29, 1.82) is 0 Å². The number of halogens is 4. The maximum Gasteiger partial charge on any atom is 0.673 e. The molecule has 1 aliphatic rings. The number of oxazole rings is 1. The molecule has 0 spiro atoms. The van der Waals surface area contributed by atoms with Crippen molar-refractivity contribution in [3.8, 4) is 39.6 Å². The SMILES string of the molecule is CCCCOc1ccc(-c2oc3cccc4[n+]3c2-c2ccccc2-4)cc1.F[B-](F)(F)F. The van der Waals surface area contributed by atoms with Gasteiger partial charge < -0.3 is 26.4 Å². The lowest BCUT2D eigenvalue weighted by Gasteiger charge is -2.05. The molecule has 0 saturated heterocycles. The molecule has 0 atom stereocenters. The minimum atomic E-state index is -6.00. The molecule has 0 fully saturated rings. The molecule has 2 aromatic carbocycles. The highest BCUT2D eigenvalue weighted by Crippen LogP contribution is 2.41. The van der Waals surface area contributed by atoms with Gasteiger partial charge in [0.1, 0.15) is 5.75 Å². The zero-order valence-electron chi connectivity index (χ0n) is 16.8. The van der Waals surface area contributed by atoms with Crippen LogP contribution < -0.4 is 9.14 Å². The van der Waals surface area contributed by atoms with Crippen LogP contribution in [0.5, 0.6) is 5.75 Å². The molecule has 0 bridgehead atoms. The molecule has 31 heavy (non-hydrogen) atoms. The quantitative estimate of drug-likeness (QED) is 0.133. The Labute approximate surface area is 177 Å². The maximum absolute atomic E-state index is 9.75. The van der Waals surface area contributed by atoms with Crippen molar-refractivity contribution in [1.82, 2.24) is 0 Å². The van der Waals surface area contributed by atoms with Crippen LogP contribution in [0.3, 0.4) is 0 Å². The van der Waals surface area contributed by atoms with Crippen LogP contribution in [-0.4, -0.2) is 13.9 Å². The third-order valence-electron chi connectivity index (χ3n) is 4.94. The van der Waals surface area contributed by atoms with Gasteiger partial charge in [-0.25, -0.2) is 0 Å². The van der Waals surface area contributed by atoms with Crippen LogP contribution in [0.2, 0.25) is 0 Å². The van der Waals surface area contributed by atoms with Crippen molar-refractivity contribution in [3.63, 3.8) is 0 Å². The number of hydrogen-bond donors (Lipinski definition) is 0. The van der Waals surface area contributed by atoms with Gasteiger partial charge in [0.05, 0.1) is 23.8 Å². The summed E-state index contributed by atoms with van der Waals surface area (Å²) in [4.78, 5) is 0. The van der Waals surface area contributed by atoms with E-state index in [1.807, 2.05) is 18.2 Å². The maximum atomic E-state index is 9.75. The molecule has 0 radical (unpaired) electrons. The third-order valence-corrected chi connectivity index (χ3v) is 4.94. The smallest absolute Gasteiger partial charge is 0.494 e. The molecule has 2 aromatic heterocycles. The first kappa shape index (κ1) is 21.0. The lowest BCUT2D eigenvalue weighted by molar-refractivity contribution is -0.485. The number of fused-ring (bicyclic) bond motifs is 3. The number of hydrogen-bond acceptors (Lipinski definition) is 2. The van der Waals surface area contributed by atoms with Crippen LogP contribution >= 0.6 is 0 Å². The standard InChI is InChI=1S/C23H20NO2.BF4/c1-2-3-15-25-17-13-11-16(12-14-17)23-22-19-8-5-4-7-18(19)20-9-6-10-21(26-23)24(20)22;2-1(3,4)5/h4-14H,2-3,15H2,1H3;/q+1;-1. The summed E-state index contributed by atoms with van der Waals surface area (Å²) in [6.45, 7) is 2.93. The average molecular weight is 429 g/mol. The first-order chi connectivity index (χ1) is 14.9. The van der Waals surface area contributed by atoms with Gasteiger partial charge in [-0.05, 0) is 48.9 Å². The Hall–Kier alpha value is -3.29. The Kier molecular flexibility index (Phi) is 5.72. The van der Waals surface area contributed by atoms with E-state index in [2.05, 4.69) is 59.9 Å². The molecule has 1 aliphatic heterocycles. The average Bonchev–Trinajstić information content (AvgIpc) is 3.28. The fourth-order valence-corrected chi connectivity index (χ4v) is 3.65. The lowest BCUT2D eigenvalue weighted by Crippen LogP contribution is -2.20. The molecular weight excluding hydrogens is 409 g/mol. The summed E-state index contributed by atoms with van der Waals surface area (Å²) in [6, 6.07) is 22.9. The molecule has 0 saturated carbocycles. The predicted molar refractivity (Wildman–Crippen MR) is 112 cm³/mol. The summed E-state index contributed by atoms with van der Waals surface area (Å²) in [5.74, 6) is 1.81. The Morgan fingerprint density at radius 2 is 1.55 bits per heavy atom. The highest BCUT2D eigenvalue weighted by molar-refractivity contribution is 6.50. The van der Waals surface area contributed by atoms with Crippen LogP contribution in [0.25, 0.3) is 39.6 Å². The number of pyridine rings is 1. The molecule has 0 amide bonds. The van der Waals surface area contributed by atoms with Gasteiger partial charge in [-0.2, -0.15) is 0 Å². The van der Waals surface area contributed by atoms with Gasteiger partial charge in [-0.1, -0.05) is 25.5 Å². The molecule has 0 N–H and O–H groups in total. The molecule has 0 aliphatic carbocycles. The summed E-state index contributed by atoms with van der Waals surface area (Å²) < 4.78 is 53.2. The van der Waals surface area contributed by atoms with E-state index in [0.717, 1.165) is 47.9 Å². The highest BCUT2D eigenvalue weighted by atomic mass is 19.5. The first-order valence-electron chi connectivity index (χ1n) is 10.0. The van der Waals surface area contributed by atoms with Gasteiger partial charge in [0.2, 0.25) is 11.5 Å². The second-order valence-electron chi connectivity index (χ2n) is 7.13. The van der Waals surface area contributed by atoms with E-state index in [-0.39, 0.29) is 0 Å². The van der Waals surface area contributed by atoms with Crippen LogP contribution in [0.1, 0.15) is 19.8 Å². The summed E-state index contributed by atoms with van der Waals surface area (Å²) in [5, 5.41) is 0. The molecule has 3 heterocycles. The molecular formula is C23H20BF4NO2. The predicted octanol–water partition coefficient (Wildman–Crippen LogP) is 6.81. The fourth-order valence-electron chi connectivity index (χ4n) is 3.65. The summed E-state index contributed by atoms with van der Waals surface area (Å²) in [6.07, 6.45) is 2.21. The van der Waals surface area contributed by atoms with Gasteiger partial charge in [-0.15, -0.1) is 4.40 Å². The Morgan fingerprint density at radius 1 is 0.871 bits per heavy atom. The Morgan fingerprint density at radius 3 is 2.23 bits per heavy atom. The van der Waals surface area contributed by atoms with Crippen molar-refractivity contribution in [2.75, 3.05) is 6.61 Å². The van der Waals surface area contributed by atoms with Gasteiger partial charge in [0.15, 0.2) is 0 Å². The van der Waals surface area contributed by atoms with Crippen molar-refractivity contribution < 1.29 is 30.8 Å². The van der Waals surface area contributed by atoms with Crippen molar-refractivity contribution in [2.45, 2.75) is 19.8 Å². The van der Waals surface area contributed by atoms with Gasteiger partial charge >= 0.3 is 13.0 Å². The molecule has 0 unspecified atom stereocenters. The van der Waals surface area contributed by atoms with Gasteiger partial charge in [0.25, 0.3) is 5.69 Å². The highest BCUT2D eigenvalue weighted by Gasteiger charge is 2.37. The summed E-state index contributed by atoms with van der Waals surface area (Å²) >= 11 is 0. The van der Waals surface area contributed by atoms with Crippen molar-refractivity contribution in [3.05, 3.63) is 66.7 Å². The Bertz CT molecular complexity index is 1200. The molecule has 3 nitrogen and oxygen atoms in total. The van der Waals surface area contributed by atoms with E-state index < -0.39 is 7.25 Å². The van der Waals surface area contributed by atoms with E-state index in [1.54, 1.807) is 0 Å². The zero-order valence-corrected chi connectivity index (χ0v) is 16.8. The summed E-state index contributed by atoms with van der Waals surface area (Å²) in [7, 11) is -6.00. The fraction of sp³-hybridized carbons (Fsp3) is 0.174. The second-order valence-corrected chi connectivity index (χ2v) is 7.13. The van der Waals surface area contributed by atoms with Crippen LogP contribution in [0.4, 0.5) is 17.3 Å².